The molecule has 2 rings (SSSR count). The number of nitrogens with zero attached hydrogens (tertiary/aromatic N) is 2. The van der Waals surface area contributed by atoms with E-state index in [-0.39, 0.29) is 5.69 Å². The monoisotopic (exact) mass is 207 g/mol. The van der Waals surface area contributed by atoms with E-state index in [0.717, 1.165) is 0 Å². The van der Waals surface area contributed by atoms with Crippen LogP contribution in [-0.4, -0.2) is 23.1 Å². The van der Waals surface area contributed by atoms with Gasteiger partial charge in [-0.3, -0.25) is 0 Å². The normalized spacial score (nSPS) is 14.5. The number of nitrogens with one attached hydrogen (secondary N) is 1. The number of aromatic carboxylic acids is 1. The van der Waals surface area contributed by atoms with Gasteiger partial charge in [0.1, 0.15) is 5.69 Å². The van der Waals surface area contributed by atoms with Gasteiger partial charge in [-0.1, -0.05) is 4.98 Å². The third kappa shape index (κ3) is 1.50. The van der Waals surface area contributed by atoms with E-state index >= 15 is 0 Å². The molecule has 0 aliphatic carbocycles. The van der Waals surface area contributed by atoms with E-state index in [2.05, 4.69) is 9.97 Å². The third-order valence-corrected chi connectivity index (χ3v) is 2.24. The maximum Gasteiger partial charge on any atom is 0.378 e. The molecule has 0 bridgehead atoms. The van der Waals surface area contributed by atoms with Crippen molar-refractivity contribution in [2.24, 2.45) is 5.73 Å². The maximum absolute atomic E-state index is 11.0. The van der Waals surface area contributed by atoms with Crippen LogP contribution in [0.15, 0.2) is 18.2 Å². The number of carbonyl (C=O) groups is 1. The van der Waals surface area contributed by atoms with Crippen LogP contribution in [0.4, 0.5) is 5.69 Å². The van der Waals surface area contributed by atoms with E-state index in [1.165, 1.54) is 6.33 Å². The van der Waals surface area contributed by atoms with Crippen molar-refractivity contribution in [3.63, 3.8) is 0 Å². The minimum Gasteiger partial charge on any atom is -0.475 e. The molecule has 0 amide bonds. The molecule has 4 N–H and O–H groups in total. The fourth-order valence-corrected chi connectivity index (χ4v) is 1.67. The first-order valence-electron chi connectivity index (χ1n) is 4.41. The number of carboxylic acids is 1. The van der Waals surface area contributed by atoms with Gasteiger partial charge in [0, 0.05) is 18.9 Å². The average Bonchev–Trinajstić information content (AvgIpc) is 2.16. The molecule has 15 heavy (non-hydrogen) atoms. The van der Waals surface area contributed by atoms with Gasteiger partial charge < -0.3 is 15.7 Å². The Morgan fingerprint density at radius 3 is 3.13 bits per heavy atom. The zero-order valence-electron chi connectivity index (χ0n) is 8.19. The molecule has 0 radical (unpaired) electrons. The first-order valence-corrected chi connectivity index (χ1v) is 4.41. The molecule has 1 aliphatic heterocycles. The summed E-state index contributed by atoms with van der Waals surface area (Å²) in [5, 5.41) is 8.99. The van der Waals surface area contributed by atoms with Crippen molar-refractivity contribution in [1.82, 2.24) is 4.98 Å². The molecule has 0 fully saturated rings. The van der Waals surface area contributed by atoms with Crippen LogP contribution in [0.25, 0.3) is 0 Å². The van der Waals surface area contributed by atoms with Crippen LogP contribution in [0.5, 0.6) is 0 Å². The zero-order valence-corrected chi connectivity index (χ0v) is 8.19. The van der Waals surface area contributed by atoms with Gasteiger partial charge in [-0.15, -0.1) is 0 Å². The molecule has 1 aliphatic rings. The summed E-state index contributed by atoms with van der Waals surface area (Å²) in [7, 11) is 1.74. The molecule has 0 unspecified atom stereocenters. The van der Waals surface area contributed by atoms with Gasteiger partial charge in [-0.05, 0) is 0 Å². The van der Waals surface area contributed by atoms with Crippen molar-refractivity contribution in [1.29, 1.82) is 0 Å². The van der Waals surface area contributed by atoms with Crippen LogP contribution < -0.4 is 15.6 Å². The van der Waals surface area contributed by atoms with Crippen LogP contribution in [0.2, 0.25) is 0 Å². The molecular weight excluding hydrogens is 196 g/mol. The van der Waals surface area contributed by atoms with Crippen LogP contribution >= 0.6 is 0 Å². The number of anilines is 1. The highest BCUT2D eigenvalue weighted by molar-refractivity contribution is 5.91. The van der Waals surface area contributed by atoms with Gasteiger partial charge in [0.05, 0.1) is 6.42 Å². The fraction of sp³-hybridized carbons (Fsp3) is 0.222. The Morgan fingerprint density at radius 2 is 2.47 bits per heavy atom. The Hall–Kier alpha value is -2.11. The molecule has 1 aromatic rings. The molecular formula is C9H11N4O2+. The maximum atomic E-state index is 11.0. The second kappa shape index (κ2) is 3.23. The molecule has 6 nitrogen and oxygen atoms in total. The topological polar surface area (TPSA) is 93.6 Å². The predicted molar refractivity (Wildman–Crippen MR) is 52.1 cm³/mol. The van der Waals surface area contributed by atoms with E-state index < -0.39 is 5.97 Å². The van der Waals surface area contributed by atoms with E-state index in [1.54, 1.807) is 18.1 Å². The van der Waals surface area contributed by atoms with E-state index in [0.29, 0.717) is 23.5 Å². The standard InChI is InChI=1S/C9H10N4O2/c1-13-3-5(10)2-6-8(13)7(9(14)15)12-4-11-6/h3-4H,2,10H2,1H3,(H,14,15)/p+1. The van der Waals surface area contributed by atoms with E-state index in [4.69, 9.17) is 10.8 Å². The Balaban J connectivity index is 2.60. The predicted octanol–water partition coefficient (Wildman–Crippen LogP) is -0.614. The second-order valence-corrected chi connectivity index (χ2v) is 3.37. The van der Waals surface area contributed by atoms with Crippen molar-refractivity contribution in [3.8, 4) is 0 Å². The van der Waals surface area contributed by atoms with Crippen LogP contribution in [0.1, 0.15) is 16.2 Å². The fourth-order valence-electron chi connectivity index (χ4n) is 1.67. The van der Waals surface area contributed by atoms with Crippen molar-refractivity contribution in [3.05, 3.63) is 29.6 Å². The van der Waals surface area contributed by atoms with Crippen LogP contribution in [-0.2, 0) is 6.42 Å². The number of nitrogens with two attached hydrogens (primary N) is 1. The summed E-state index contributed by atoms with van der Waals surface area (Å²) in [6.45, 7) is 0. The highest BCUT2D eigenvalue weighted by atomic mass is 16.4. The summed E-state index contributed by atoms with van der Waals surface area (Å²) in [6, 6.07) is 0. The Labute approximate surface area is 86.1 Å². The smallest absolute Gasteiger partial charge is 0.378 e. The third-order valence-electron chi connectivity index (χ3n) is 2.24. The number of hydrogen-bond donors (Lipinski definition) is 2. The van der Waals surface area contributed by atoms with Gasteiger partial charge in [-0.2, -0.15) is 0 Å². The SMILES string of the molecule is CN1C=C(N)Cc2nc[nH+]c(C(=O)O)c21. The lowest BCUT2D eigenvalue weighted by Crippen LogP contribution is -2.29. The molecule has 0 spiro atoms. The number of H-pyrrole nitrogens is 1. The van der Waals surface area contributed by atoms with Gasteiger partial charge in [0.25, 0.3) is 6.33 Å². The first-order chi connectivity index (χ1) is 7.09. The second-order valence-electron chi connectivity index (χ2n) is 3.37. The van der Waals surface area contributed by atoms with E-state index in [1.807, 2.05) is 0 Å². The Bertz CT molecular complexity index is 455. The molecule has 0 saturated heterocycles. The number of allylic oxidation sites excluding steroid dienone is 1. The molecule has 78 valence electrons. The Morgan fingerprint density at radius 1 is 1.73 bits per heavy atom. The van der Waals surface area contributed by atoms with Crippen molar-refractivity contribution < 1.29 is 14.9 Å². The van der Waals surface area contributed by atoms with Crippen molar-refractivity contribution >= 4 is 11.7 Å². The van der Waals surface area contributed by atoms with Crippen LogP contribution in [0, 0.1) is 0 Å². The summed E-state index contributed by atoms with van der Waals surface area (Å²) in [5.74, 6) is -1.01. The lowest BCUT2D eigenvalue weighted by molar-refractivity contribution is -0.387. The number of carboxylic acid groups (broad SMARTS) is 1. The largest absolute Gasteiger partial charge is 0.475 e. The summed E-state index contributed by atoms with van der Waals surface area (Å²) < 4.78 is 0. The highest BCUT2D eigenvalue weighted by Gasteiger charge is 2.27. The quantitative estimate of drug-likeness (QED) is 0.640. The lowest BCUT2D eigenvalue weighted by atomic mass is 10.1. The van der Waals surface area contributed by atoms with Crippen LogP contribution in [0.3, 0.4) is 0 Å². The number of fused-ring (bicyclic) bond motifs is 1. The van der Waals surface area contributed by atoms with Crippen molar-refractivity contribution in [2.45, 2.75) is 6.42 Å². The average molecular weight is 207 g/mol. The van der Waals surface area contributed by atoms with Gasteiger partial charge in [0.2, 0.25) is 5.69 Å². The van der Waals surface area contributed by atoms with Gasteiger partial charge in [0.15, 0.2) is 5.69 Å². The zero-order chi connectivity index (χ0) is 11.0. The first kappa shape index (κ1) is 9.45. The summed E-state index contributed by atoms with van der Waals surface area (Å²) in [6.07, 6.45) is 3.55. The summed E-state index contributed by atoms with van der Waals surface area (Å²) >= 11 is 0. The van der Waals surface area contributed by atoms with E-state index in [9.17, 15) is 4.79 Å². The van der Waals surface area contributed by atoms with Crippen molar-refractivity contribution in [2.75, 3.05) is 11.9 Å². The minimum atomic E-state index is -1.01. The number of aromatic nitrogens is 2. The lowest BCUT2D eigenvalue weighted by Gasteiger charge is -2.20. The summed E-state index contributed by atoms with van der Waals surface area (Å²) in [4.78, 5) is 19.3. The van der Waals surface area contributed by atoms with Gasteiger partial charge >= 0.3 is 5.97 Å². The molecule has 0 atom stereocenters. The number of hydrogen-bond acceptors (Lipinski definition) is 4. The molecule has 6 heteroatoms. The van der Waals surface area contributed by atoms with Gasteiger partial charge in [-0.25, -0.2) is 9.78 Å². The Kier molecular flexibility index (Phi) is 2.03. The molecule has 2 heterocycles. The highest BCUT2D eigenvalue weighted by Crippen LogP contribution is 2.25. The molecule has 1 aromatic heterocycles. The molecule has 0 aromatic carbocycles. The minimum absolute atomic E-state index is 0.131. The number of rotatable bonds is 1. The molecule has 0 saturated carbocycles. The number of aromatic amines is 1. The summed E-state index contributed by atoms with van der Waals surface area (Å²) in [5.41, 5.74) is 7.73.